The van der Waals surface area contributed by atoms with Gasteiger partial charge in [0.2, 0.25) is 5.95 Å². The fourth-order valence-corrected chi connectivity index (χ4v) is 0.893. The molecular weight excluding hydrogens is 197 g/mol. The summed E-state index contributed by atoms with van der Waals surface area (Å²) < 4.78 is 12.2. The highest BCUT2D eigenvalue weighted by Crippen LogP contribution is 2.19. The maximum atomic E-state index is 12.2. The average molecular weight is 204 g/mol. The normalized spacial score (nSPS) is 13.1. The number of nitrogens with zero attached hydrogens (tertiary/aromatic N) is 1. The Kier molecular flexibility index (Phi) is 2.38. The van der Waals surface area contributed by atoms with Crippen LogP contribution in [0.2, 0.25) is 0 Å². The highest BCUT2D eigenvalue weighted by atomic mass is 79.9. The minimum Gasteiger partial charge on any atom is -0.228 e. The molecule has 0 unspecified atom stereocenters. The number of rotatable bonds is 1. The molecule has 0 aliphatic rings. The zero-order valence-electron chi connectivity index (χ0n) is 5.51. The summed E-state index contributed by atoms with van der Waals surface area (Å²) in [6.07, 6.45) is 1.52. The lowest BCUT2D eigenvalue weighted by Gasteiger charge is -1.99. The second-order valence-corrected chi connectivity index (χ2v) is 3.40. The van der Waals surface area contributed by atoms with Gasteiger partial charge in [0.15, 0.2) is 0 Å². The molecule has 1 rings (SSSR count). The van der Waals surface area contributed by atoms with Crippen LogP contribution < -0.4 is 0 Å². The Morgan fingerprint density at radius 1 is 1.60 bits per heavy atom. The number of alkyl halides is 1. The maximum Gasteiger partial charge on any atom is 0.212 e. The van der Waals surface area contributed by atoms with E-state index in [0.29, 0.717) is 0 Å². The van der Waals surface area contributed by atoms with Crippen molar-refractivity contribution in [1.82, 2.24) is 4.98 Å². The molecule has 0 fully saturated rings. The van der Waals surface area contributed by atoms with Gasteiger partial charge in [-0.25, -0.2) is 4.98 Å². The topological polar surface area (TPSA) is 12.9 Å². The summed E-state index contributed by atoms with van der Waals surface area (Å²) in [7, 11) is 0. The second-order valence-electron chi connectivity index (χ2n) is 2.03. The van der Waals surface area contributed by atoms with Gasteiger partial charge in [-0.2, -0.15) is 4.39 Å². The van der Waals surface area contributed by atoms with E-state index in [1.807, 2.05) is 6.92 Å². The quantitative estimate of drug-likeness (QED) is 0.506. The molecule has 0 amide bonds. The molecule has 1 nitrogen and oxygen atoms in total. The molecule has 0 aliphatic carbocycles. The Morgan fingerprint density at radius 3 is 2.70 bits per heavy atom. The van der Waals surface area contributed by atoms with Gasteiger partial charge >= 0.3 is 0 Å². The SMILES string of the molecule is C[C@H](Br)c1ccc(F)nc1. The van der Waals surface area contributed by atoms with Crippen molar-refractivity contribution < 1.29 is 4.39 Å². The van der Waals surface area contributed by atoms with Gasteiger partial charge in [-0.1, -0.05) is 22.0 Å². The molecule has 0 radical (unpaired) electrons. The van der Waals surface area contributed by atoms with Crippen LogP contribution in [0.4, 0.5) is 4.39 Å². The van der Waals surface area contributed by atoms with Crippen molar-refractivity contribution in [3.05, 3.63) is 29.8 Å². The molecule has 0 aromatic carbocycles. The monoisotopic (exact) mass is 203 g/mol. The van der Waals surface area contributed by atoms with Crippen molar-refractivity contribution in [3.63, 3.8) is 0 Å². The van der Waals surface area contributed by atoms with Crippen molar-refractivity contribution in [3.8, 4) is 0 Å². The molecule has 0 saturated heterocycles. The third-order valence-electron chi connectivity index (χ3n) is 1.21. The molecule has 1 aromatic rings. The fourth-order valence-electron chi connectivity index (χ4n) is 0.623. The van der Waals surface area contributed by atoms with Crippen LogP contribution in [0.5, 0.6) is 0 Å². The first-order chi connectivity index (χ1) is 4.70. The first kappa shape index (κ1) is 7.66. The van der Waals surface area contributed by atoms with Gasteiger partial charge in [0.05, 0.1) is 0 Å². The molecular formula is C7H7BrFN. The predicted octanol–water partition coefficient (Wildman–Crippen LogP) is 2.68. The lowest BCUT2D eigenvalue weighted by molar-refractivity contribution is 0.582. The molecule has 1 heterocycles. The zero-order valence-corrected chi connectivity index (χ0v) is 7.10. The first-order valence-corrected chi connectivity index (χ1v) is 3.87. The lowest BCUT2D eigenvalue weighted by Crippen LogP contribution is -1.87. The molecule has 0 aliphatic heterocycles. The minimum atomic E-state index is -0.433. The van der Waals surface area contributed by atoms with E-state index < -0.39 is 5.95 Å². The van der Waals surface area contributed by atoms with Gasteiger partial charge in [0, 0.05) is 11.0 Å². The van der Waals surface area contributed by atoms with E-state index in [0.717, 1.165) is 5.56 Å². The fraction of sp³-hybridized carbons (Fsp3) is 0.286. The Morgan fingerprint density at radius 2 is 2.30 bits per heavy atom. The van der Waals surface area contributed by atoms with Crippen LogP contribution in [0.25, 0.3) is 0 Å². The molecule has 10 heavy (non-hydrogen) atoms. The summed E-state index contributed by atoms with van der Waals surface area (Å²) in [5.41, 5.74) is 0.987. The highest BCUT2D eigenvalue weighted by Gasteiger charge is 1.99. The summed E-state index contributed by atoms with van der Waals surface area (Å²) in [6, 6.07) is 3.06. The highest BCUT2D eigenvalue weighted by molar-refractivity contribution is 9.09. The third kappa shape index (κ3) is 1.77. The van der Waals surface area contributed by atoms with Crippen LogP contribution in [-0.2, 0) is 0 Å². The smallest absolute Gasteiger partial charge is 0.212 e. The van der Waals surface area contributed by atoms with Gasteiger partial charge in [-0.15, -0.1) is 0 Å². The maximum absolute atomic E-state index is 12.2. The Labute approximate surface area is 67.4 Å². The largest absolute Gasteiger partial charge is 0.228 e. The molecule has 54 valence electrons. The van der Waals surface area contributed by atoms with Crippen LogP contribution in [-0.4, -0.2) is 4.98 Å². The summed E-state index contributed by atoms with van der Waals surface area (Å²) in [4.78, 5) is 3.74. The van der Waals surface area contributed by atoms with E-state index in [-0.39, 0.29) is 4.83 Å². The second kappa shape index (κ2) is 3.10. The Hall–Kier alpha value is -0.440. The third-order valence-corrected chi connectivity index (χ3v) is 1.74. The summed E-state index contributed by atoms with van der Waals surface area (Å²) in [5, 5.41) is 0. The van der Waals surface area contributed by atoms with Crippen molar-refractivity contribution in [1.29, 1.82) is 0 Å². The van der Waals surface area contributed by atoms with Crippen LogP contribution in [0.1, 0.15) is 17.3 Å². The standard InChI is InChI=1S/C7H7BrFN/c1-5(8)6-2-3-7(9)10-4-6/h2-5H,1H3/t5-/m0/s1. The van der Waals surface area contributed by atoms with E-state index in [1.54, 1.807) is 6.07 Å². The number of pyridine rings is 1. The van der Waals surface area contributed by atoms with Crippen molar-refractivity contribution in [2.75, 3.05) is 0 Å². The van der Waals surface area contributed by atoms with E-state index >= 15 is 0 Å². The van der Waals surface area contributed by atoms with Gasteiger partial charge in [0.25, 0.3) is 0 Å². The molecule has 0 bridgehead atoms. The van der Waals surface area contributed by atoms with Gasteiger partial charge in [-0.05, 0) is 18.6 Å². The van der Waals surface area contributed by atoms with Crippen LogP contribution in [0, 0.1) is 5.95 Å². The van der Waals surface area contributed by atoms with E-state index in [1.165, 1.54) is 12.3 Å². The molecule has 1 aromatic heterocycles. The molecule has 0 spiro atoms. The van der Waals surface area contributed by atoms with Crippen LogP contribution in [0.3, 0.4) is 0 Å². The summed E-state index contributed by atoms with van der Waals surface area (Å²) in [5.74, 6) is -0.433. The molecule has 1 atom stereocenters. The molecule has 3 heteroatoms. The van der Waals surface area contributed by atoms with E-state index in [9.17, 15) is 4.39 Å². The number of hydrogen-bond donors (Lipinski definition) is 0. The van der Waals surface area contributed by atoms with Crippen molar-refractivity contribution in [2.24, 2.45) is 0 Å². The first-order valence-electron chi connectivity index (χ1n) is 2.95. The average Bonchev–Trinajstić information content (AvgIpc) is 1.88. The van der Waals surface area contributed by atoms with Crippen molar-refractivity contribution in [2.45, 2.75) is 11.8 Å². The molecule has 0 N–H and O–H groups in total. The van der Waals surface area contributed by atoms with Gasteiger partial charge in [0.1, 0.15) is 0 Å². The van der Waals surface area contributed by atoms with Gasteiger partial charge < -0.3 is 0 Å². The number of halogens is 2. The van der Waals surface area contributed by atoms with Crippen molar-refractivity contribution >= 4 is 15.9 Å². The van der Waals surface area contributed by atoms with Crippen LogP contribution >= 0.6 is 15.9 Å². The lowest BCUT2D eigenvalue weighted by atomic mass is 10.2. The number of hydrogen-bond acceptors (Lipinski definition) is 1. The van der Waals surface area contributed by atoms with Gasteiger partial charge in [-0.3, -0.25) is 0 Å². The minimum absolute atomic E-state index is 0.237. The summed E-state index contributed by atoms with van der Waals surface area (Å²) >= 11 is 3.34. The van der Waals surface area contributed by atoms with E-state index in [2.05, 4.69) is 20.9 Å². The van der Waals surface area contributed by atoms with E-state index in [4.69, 9.17) is 0 Å². The van der Waals surface area contributed by atoms with Crippen LogP contribution in [0.15, 0.2) is 18.3 Å². The number of aromatic nitrogens is 1. The predicted molar refractivity (Wildman–Crippen MR) is 41.5 cm³/mol. The Balaban J connectivity index is 2.89. The zero-order chi connectivity index (χ0) is 7.56. The molecule has 0 saturated carbocycles. The Bertz CT molecular complexity index is 207. The summed E-state index contributed by atoms with van der Waals surface area (Å²) in [6.45, 7) is 1.97.